The van der Waals surface area contributed by atoms with Gasteiger partial charge in [-0.2, -0.15) is 0 Å². The van der Waals surface area contributed by atoms with Crippen LogP contribution in [0.4, 0.5) is 23.0 Å². The van der Waals surface area contributed by atoms with Crippen LogP contribution < -0.4 is 16.4 Å². The van der Waals surface area contributed by atoms with Crippen LogP contribution in [0.15, 0.2) is 59.5 Å². The average Bonchev–Trinajstić information content (AvgIpc) is 3.03. The third-order valence-corrected chi connectivity index (χ3v) is 2.93. The van der Waals surface area contributed by atoms with Gasteiger partial charge in [0.25, 0.3) is 0 Å². The lowest BCUT2D eigenvalue weighted by molar-refractivity contribution is 0.518. The standard InChI is InChI=1S/C15H15N5O/c16-13-14(17-9-12-7-4-8-21-12)18-10-19-15(13)20-11-5-2-1-3-6-11/h1-8,10H,9,16H2,(H2,17,18,19,20). The van der Waals surface area contributed by atoms with E-state index in [0.717, 1.165) is 11.4 Å². The molecule has 0 aliphatic carbocycles. The van der Waals surface area contributed by atoms with Gasteiger partial charge in [-0.1, -0.05) is 18.2 Å². The third kappa shape index (κ3) is 3.11. The highest BCUT2D eigenvalue weighted by molar-refractivity contribution is 5.77. The molecule has 21 heavy (non-hydrogen) atoms. The lowest BCUT2D eigenvalue weighted by Crippen LogP contribution is -2.07. The highest BCUT2D eigenvalue weighted by Gasteiger charge is 2.08. The van der Waals surface area contributed by atoms with Crippen LogP contribution in [0.3, 0.4) is 0 Å². The quantitative estimate of drug-likeness (QED) is 0.666. The Morgan fingerprint density at radius 2 is 1.81 bits per heavy atom. The summed E-state index contributed by atoms with van der Waals surface area (Å²) >= 11 is 0. The Labute approximate surface area is 122 Å². The lowest BCUT2D eigenvalue weighted by atomic mass is 10.3. The number of hydrogen-bond acceptors (Lipinski definition) is 6. The lowest BCUT2D eigenvalue weighted by Gasteiger charge is -2.11. The van der Waals surface area contributed by atoms with E-state index in [-0.39, 0.29) is 0 Å². The van der Waals surface area contributed by atoms with Crippen LogP contribution >= 0.6 is 0 Å². The topological polar surface area (TPSA) is 89.0 Å². The predicted molar refractivity (Wildman–Crippen MR) is 82.2 cm³/mol. The van der Waals surface area contributed by atoms with E-state index < -0.39 is 0 Å². The van der Waals surface area contributed by atoms with Crippen LogP contribution in [-0.4, -0.2) is 9.97 Å². The Kier molecular flexibility index (Phi) is 3.68. The van der Waals surface area contributed by atoms with Gasteiger partial charge in [-0.05, 0) is 24.3 Å². The summed E-state index contributed by atoms with van der Waals surface area (Å²) in [6, 6.07) is 13.4. The summed E-state index contributed by atoms with van der Waals surface area (Å²) in [6.07, 6.45) is 3.09. The fraction of sp³-hybridized carbons (Fsp3) is 0.0667. The number of nitrogens with one attached hydrogen (secondary N) is 2. The van der Waals surface area contributed by atoms with Gasteiger partial charge >= 0.3 is 0 Å². The average molecular weight is 281 g/mol. The minimum atomic E-state index is 0.466. The van der Waals surface area contributed by atoms with Crippen molar-refractivity contribution >= 4 is 23.0 Å². The number of nitrogens with two attached hydrogens (primary N) is 1. The van der Waals surface area contributed by atoms with Gasteiger partial charge in [0.2, 0.25) is 0 Å². The van der Waals surface area contributed by atoms with E-state index in [1.165, 1.54) is 6.33 Å². The molecule has 2 heterocycles. The molecule has 0 aliphatic rings. The summed E-state index contributed by atoms with van der Waals surface area (Å²) in [5.41, 5.74) is 7.47. The van der Waals surface area contributed by atoms with Crippen LogP contribution in [-0.2, 0) is 6.54 Å². The van der Waals surface area contributed by atoms with Crippen molar-refractivity contribution in [3.05, 3.63) is 60.8 Å². The van der Waals surface area contributed by atoms with Crippen molar-refractivity contribution in [3.63, 3.8) is 0 Å². The maximum atomic E-state index is 6.09. The Bertz CT molecular complexity index is 697. The molecule has 0 atom stereocenters. The molecule has 3 rings (SSSR count). The van der Waals surface area contributed by atoms with E-state index in [1.807, 2.05) is 42.5 Å². The Morgan fingerprint density at radius 3 is 2.57 bits per heavy atom. The molecule has 0 bridgehead atoms. The number of para-hydroxylation sites is 1. The van der Waals surface area contributed by atoms with Crippen molar-refractivity contribution in [2.24, 2.45) is 0 Å². The van der Waals surface area contributed by atoms with E-state index in [9.17, 15) is 0 Å². The van der Waals surface area contributed by atoms with E-state index in [1.54, 1.807) is 6.26 Å². The van der Waals surface area contributed by atoms with E-state index in [0.29, 0.717) is 23.9 Å². The molecule has 0 fully saturated rings. The zero-order chi connectivity index (χ0) is 14.5. The highest BCUT2D eigenvalue weighted by Crippen LogP contribution is 2.25. The SMILES string of the molecule is Nc1c(NCc2ccco2)ncnc1Nc1ccccc1. The van der Waals surface area contributed by atoms with Gasteiger partial charge < -0.3 is 20.8 Å². The zero-order valence-electron chi connectivity index (χ0n) is 11.3. The number of nitrogens with zero attached hydrogens (tertiary/aromatic N) is 2. The van der Waals surface area contributed by atoms with E-state index in [4.69, 9.17) is 10.2 Å². The maximum Gasteiger partial charge on any atom is 0.159 e. The number of hydrogen-bond donors (Lipinski definition) is 3. The predicted octanol–water partition coefficient (Wildman–Crippen LogP) is 3.01. The fourth-order valence-corrected chi connectivity index (χ4v) is 1.88. The van der Waals surface area contributed by atoms with Crippen molar-refractivity contribution in [1.29, 1.82) is 0 Å². The van der Waals surface area contributed by atoms with Crippen LogP contribution in [0.2, 0.25) is 0 Å². The van der Waals surface area contributed by atoms with E-state index in [2.05, 4.69) is 20.6 Å². The monoisotopic (exact) mass is 281 g/mol. The van der Waals surface area contributed by atoms with Crippen LogP contribution in [0.5, 0.6) is 0 Å². The second-order valence-electron chi connectivity index (χ2n) is 4.41. The molecule has 106 valence electrons. The Balaban J connectivity index is 1.75. The summed E-state index contributed by atoms with van der Waals surface area (Å²) in [4.78, 5) is 8.32. The number of nitrogen functional groups attached to an aromatic ring is 1. The molecule has 0 saturated carbocycles. The second-order valence-corrected chi connectivity index (χ2v) is 4.41. The molecule has 0 aliphatic heterocycles. The van der Waals surface area contributed by atoms with Gasteiger partial charge in [-0.15, -0.1) is 0 Å². The minimum Gasteiger partial charge on any atom is -0.467 e. The van der Waals surface area contributed by atoms with Gasteiger partial charge in [0.1, 0.15) is 17.8 Å². The van der Waals surface area contributed by atoms with Gasteiger partial charge in [0.15, 0.2) is 11.6 Å². The molecule has 0 spiro atoms. The molecular weight excluding hydrogens is 266 g/mol. The molecule has 2 aromatic heterocycles. The summed E-state index contributed by atoms with van der Waals surface area (Å²) in [5, 5.41) is 6.30. The second kappa shape index (κ2) is 5.96. The molecule has 0 saturated heterocycles. The minimum absolute atomic E-state index is 0.466. The first-order chi connectivity index (χ1) is 10.3. The van der Waals surface area contributed by atoms with Crippen LogP contribution in [0.25, 0.3) is 0 Å². The normalized spacial score (nSPS) is 10.3. The van der Waals surface area contributed by atoms with Crippen LogP contribution in [0.1, 0.15) is 5.76 Å². The van der Waals surface area contributed by atoms with Gasteiger partial charge in [0.05, 0.1) is 12.8 Å². The molecule has 6 heteroatoms. The summed E-state index contributed by atoms with van der Waals surface area (Å²) in [6.45, 7) is 0.513. The number of furan rings is 1. The van der Waals surface area contributed by atoms with Crippen molar-refractivity contribution in [2.75, 3.05) is 16.4 Å². The summed E-state index contributed by atoms with van der Waals surface area (Å²) in [5.74, 6) is 1.95. The third-order valence-electron chi connectivity index (χ3n) is 2.93. The van der Waals surface area contributed by atoms with Crippen molar-refractivity contribution < 1.29 is 4.42 Å². The van der Waals surface area contributed by atoms with Gasteiger partial charge in [-0.25, -0.2) is 9.97 Å². The molecular formula is C15H15N5O. The largest absolute Gasteiger partial charge is 0.467 e. The first-order valence-electron chi connectivity index (χ1n) is 6.52. The molecule has 4 N–H and O–H groups in total. The molecule has 6 nitrogen and oxygen atoms in total. The first kappa shape index (κ1) is 13.0. The van der Waals surface area contributed by atoms with Crippen LogP contribution in [0, 0.1) is 0 Å². The molecule has 0 unspecified atom stereocenters. The Hall–Kier alpha value is -3.02. The maximum absolute atomic E-state index is 6.09. The first-order valence-corrected chi connectivity index (χ1v) is 6.52. The zero-order valence-corrected chi connectivity index (χ0v) is 11.3. The number of anilines is 4. The van der Waals surface area contributed by atoms with Gasteiger partial charge in [0, 0.05) is 5.69 Å². The summed E-state index contributed by atoms with van der Waals surface area (Å²) < 4.78 is 5.26. The number of aromatic nitrogens is 2. The smallest absolute Gasteiger partial charge is 0.159 e. The highest BCUT2D eigenvalue weighted by atomic mass is 16.3. The molecule has 0 radical (unpaired) electrons. The molecule has 3 aromatic rings. The van der Waals surface area contributed by atoms with Crippen molar-refractivity contribution in [1.82, 2.24) is 9.97 Å². The number of benzene rings is 1. The molecule has 0 amide bonds. The van der Waals surface area contributed by atoms with Crippen molar-refractivity contribution in [3.8, 4) is 0 Å². The van der Waals surface area contributed by atoms with E-state index >= 15 is 0 Å². The Morgan fingerprint density at radius 1 is 1.00 bits per heavy atom. The van der Waals surface area contributed by atoms with Gasteiger partial charge in [-0.3, -0.25) is 0 Å². The summed E-state index contributed by atoms with van der Waals surface area (Å²) in [7, 11) is 0. The fourth-order valence-electron chi connectivity index (χ4n) is 1.88. The number of rotatable bonds is 5. The molecule has 1 aromatic carbocycles. The van der Waals surface area contributed by atoms with Crippen molar-refractivity contribution in [2.45, 2.75) is 6.54 Å².